The van der Waals surface area contributed by atoms with Gasteiger partial charge in [-0.2, -0.15) is 0 Å². The lowest BCUT2D eigenvalue weighted by molar-refractivity contribution is 0.559. The lowest BCUT2D eigenvalue weighted by atomic mass is 9.90. The van der Waals surface area contributed by atoms with E-state index in [1.807, 2.05) is 0 Å². The average molecular weight is 254 g/mol. The number of aryl methyl sites for hydroxylation is 1. The average Bonchev–Trinajstić information content (AvgIpc) is 2.88. The largest absolute Gasteiger partial charge is 0.0795 e. The van der Waals surface area contributed by atoms with E-state index < -0.39 is 0 Å². The molecule has 0 fully saturated rings. The van der Waals surface area contributed by atoms with Crippen molar-refractivity contribution in [3.63, 3.8) is 0 Å². The minimum absolute atomic E-state index is 1.16. The Hall–Kier alpha value is -1.04. The summed E-state index contributed by atoms with van der Waals surface area (Å²) < 4.78 is 0. The summed E-state index contributed by atoms with van der Waals surface area (Å²) in [5, 5.41) is 0. The first-order chi connectivity index (χ1) is 9.45. The maximum Gasteiger partial charge on any atom is -0.00881 e. The van der Waals surface area contributed by atoms with Gasteiger partial charge in [0.1, 0.15) is 0 Å². The van der Waals surface area contributed by atoms with Crippen LogP contribution in [-0.2, 0) is 19.3 Å². The second-order valence-electron chi connectivity index (χ2n) is 6.21. The second-order valence-corrected chi connectivity index (χ2v) is 6.21. The van der Waals surface area contributed by atoms with Gasteiger partial charge in [0.2, 0.25) is 0 Å². The van der Waals surface area contributed by atoms with Crippen molar-refractivity contribution in [2.45, 2.75) is 70.6 Å². The van der Waals surface area contributed by atoms with Crippen LogP contribution in [0.4, 0.5) is 0 Å². The summed E-state index contributed by atoms with van der Waals surface area (Å²) in [7, 11) is 0. The lowest BCUT2D eigenvalue weighted by Gasteiger charge is -2.15. The van der Waals surface area contributed by atoms with E-state index in [-0.39, 0.29) is 0 Å². The quantitative estimate of drug-likeness (QED) is 0.575. The Kier molecular flexibility index (Phi) is 4.37. The molecule has 0 N–H and O–H groups in total. The van der Waals surface area contributed by atoms with Crippen molar-refractivity contribution in [3.8, 4) is 0 Å². The highest BCUT2D eigenvalue weighted by Crippen LogP contribution is 2.29. The molecule has 0 atom stereocenters. The van der Waals surface area contributed by atoms with E-state index in [1.165, 1.54) is 64.2 Å². The highest BCUT2D eigenvalue weighted by atomic mass is 14.2. The summed E-state index contributed by atoms with van der Waals surface area (Å²) >= 11 is 0. The summed E-state index contributed by atoms with van der Waals surface area (Å²) in [4.78, 5) is 0. The number of rotatable bonds is 0. The minimum Gasteiger partial charge on any atom is -0.0795 e. The first kappa shape index (κ1) is 13.0. The molecule has 0 nitrogen and oxygen atoms in total. The van der Waals surface area contributed by atoms with Crippen LogP contribution in [0.5, 0.6) is 0 Å². The molecule has 0 bridgehead atoms. The molecule has 0 saturated heterocycles. The molecular weight excluding hydrogens is 228 g/mol. The fraction of sp³-hybridized carbons (Fsp3) is 0.579. The third kappa shape index (κ3) is 3.11. The summed E-state index contributed by atoms with van der Waals surface area (Å²) in [6.45, 7) is 0. The van der Waals surface area contributed by atoms with Crippen LogP contribution in [0.2, 0.25) is 0 Å². The van der Waals surface area contributed by atoms with Crippen LogP contribution in [0.1, 0.15) is 73.6 Å². The molecule has 3 rings (SSSR count). The molecule has 0 aromatic heterocycles. The molecular formula is C19H26. The third-order valence-corrected chi connectivity index (χ3v) is 4.79. The molecule has 1 aromatic rings. The topological polar surface area (TPSA) is 0 Å². The molecule has 0 spiro atoms. The van der Waals surface area contributed by atoms with Crippen molar-refractivity contribution in [1.29, 1.82) is 0 Å². The van der Waals surface area contributed by atoms with E-state index in [0.717, 1.165) is 6.42 Å². The molecule has 2 aliphatic rings. The standard InChI is InChI=1S/C19H26/c1-2-4-6-8-12-18-16(10-7-5-3-1)14-15-17-11-9-13-19(17)18/h9,13-15H,1-8,10-12H2. The van der Waals surface area contributed by atoms with Gasteiger partial charge in [0.25, 0.3) is 0 Å². The smallest absolute Gasteiger partial charge is 0.00881 e. The maximum atomic E-state index is 2.42. The molecule has 0 aliphatic heterocycles. The highest BCUT2D eigenvalue weighted by Gasteiger charge is 2.14. The van der Waals surface area contributed by atoms with Gasteiger partial charge >= 0.3 is 0 Å². The number of allylic oxidation sites excluding steroid dienone is 1. The fourth-order valence-corrected chi connectivity index (χ4v) is 3.66. The third-order valence-electron chi connectivity index (χ3n) is 4.79. The number of hydrogen-bond acceptors (Lipinski definition) is 0. The van der Waals surface area contributed by atoms with Crippen LogP contribution < -0.4 is 0 Å². The molecule has 0 radical (unpaired) electrons. The summed E-state index contributed by atoms with van der Waals surface area (Å²) in [5.74, 6) is 0. The fourth-order valence-electron chi connectivity index (χ4n) is 3.66. The molecule has 0 unspecified atom stereocenters. The van der Waals surface area contributed by atoms with Crippen molar-refractivity contribution >= 4 is 6.08 Å². The van der Waals surface area contributed by atoms with Gasteiger partial charge in [-0.15, -0.1) is 0 Å². The Morgan fingerprint density at radius 2 is 1.26 bits per heavy atom. The Labute approximate surface area is 117 Å². The molecule has 0 heterocycles. The zero-order chi connectivity index (χ0) is 12.9. The Morgan fingerprint density at radius 1 is 0.632 bits per heavy atom. The van der Waals surface area contributed by atoms with Gasteiger partial charge in [-0.05, 0) is 54.4 Å². The second kappa shape index (κ2) is 6.41. The minimum atomic E-state index is 1.16. The highest BCUT2D eigenvalue weighted by molar-refractivity contribution is 5.65. The van der Waals surface area contributed by atoms with Crippen molar-refractivity contribution in [2.75, 3.05) is 0 Å². The molecule has 0 heteroatoms. The van der Waals surface area contributed by atoms with Crippen LogP contribution in [0.3, 0.4) is 0 Å². The van der Waals surface area contributed by atoms with E-state index >= 15 is 0 Å². The van der Waals surface area contributed by atoms with Gasteiger partial charge < -0.3 is 0 Å². The zero-order valence-corrected chi connectivity index (χ0v) is 12.1. The first-order valence-electron chi connectivity index (χ1n) is 8.25. The Balaban J connectivity index is 1.83. The van der Waals surface area contributed by atoms with Crippen molar-refractivity contribution in [2.24, 2.45) is 0 Å². The van der Waals surface area contributed by atoms with Gasteiger partial charge in [0.05, 0.1) is 0 Å². The van der Waals surface area contributed by atoms with Crippen LogP contribution in [0.15, 0.2) is 18.2 Å². The van der Waals surface area contributed by atoms with Crippen molar-refractivity contribution < 1.29 is 0 Å². The van der Waals surface area contributed by atoms with Crippen LogP contribution in [0, 0.1) is 0 Å². The number of hydrogen-bond donors (Lipinski definition) is 0. The summed E-state index contributed by atoms with van der Waals surface area (Å²) in [6, 6.07) is 4.80. The lowest BCUT2D eigenvalue weighted by Crippen LogP contribution is -2.01. The predicted octanol–water partition coefficient (Wildman–Crippen LogP) is 5.48. The van der Waals surface area contributed by atoms with E-state index in [1.54, 1.807) is 22.3 Å². The first-order valence-corrected chi connectivity index (χ1v) is 8.25. The van der Waals surface area contributed by atoms with Gasteiger partial charge in [-0.25, -0.2) is 0 Å². The SMILES string of the molecule is C1=Cc2c(ccc3c2CCCCCCCCCC3)C1. The molecule has 2 aliphatic carbocycles. The van der Waals surface area contributed by atoms with Gasteiger partial charge in [0.15, 0.2) is 0 Å². The van der Waals surface area contributed by atoms with E-state index in [9.17, 15) is 0 Å². The number of benzene rings is 1. The van der Waals surface area contributed by atoms with Gasteiger partial charge in [-0.1, -0.05) is 62.8 Å². The maximum absolute atomic E-state index is 2.42. The molecule has 0 amide bonds. The predicted molar refractivity (Wildman–Crippen MR) is 83.5 cm³/mol. The summed E-state index contributed by atoms with van der Waals surface area (Å²) in [5.41, 5.74) is 6.47. The molecule has 0 saturated carbocycles. The van der Waals surface area contributed by atoms with E-state index in [4.69, 9.17) is 0 Å². The Morgan fingerprint density at radius 3 is 2.05 bits per heavy atom. The van der Waals surface area contributed by atoms with Crippen LogP contribution >= 0.6 is 0 Å². The van der Waals surface area contributed by atoms with Crippen LogP contribution in [0.25, 0.3) is 6.08 Å². The van der Waals surface area contributed by atoms with Gasteiger partial charge in [0, 0.05) is 0 Å². The van der Waals surface area contributed by atoms with Crippen molar-refractivity contribution in [1.82, 2.24) is 0 Å². The molecule has 102 valence electrons. The van der Waals surface area contributed by atoms with Crippen LogP contribution in [-0.4, -0.2) is 0 Å². The monoisotopic (exact) mass is 254 g/mol. The molecule has 19 heavy (non-hydrogen) atoms. The zero-order valence-electron chi connectivity index (χ0n) is 12.1. The van der Waals surface area contributed by atoms with Gasteiger partial charge in [-0.3, -0.25) is 0 Å². The van der Waals surface area contributed by atoms with E-state index in [0.29, 0.717) is 0 Å². The van der Waals surface area contributed by atoms with E-state index in [2.05, 4.69) is 24.3 Å². The summed E-state index contributed by atoms with van der Waals surface area (Å²) in [6.07, 6.45) is 19.9. The van der Waals surface area contributed by atoms with Crippen molar-refractivity contribution in [3.05, 3.63) is 40.5 Å². The normalized spacial score (nSPS) is 20.2. The molecule has 1 aromatic carbocycles. The number of fused-ring (bicyclic) bond motifs is 3. The Bertz CT molecular complexity index is 453.